The number of rotatable bonds is 4. The number of anilines is 3. The standard InChI is InChI=1S/C25H25Cl2N5O2/c1-4-31-12-15-10-16(8-9-18(15)25(2,3)13-31)29-24-28-11-17-22(30-24)34-14-32(23(17)33)21-19(26)6-5-7-20(21)27/h5-11H,4,12-14H2,1-3H3,(H,28,29,30). The number of fused-ring (bicyclic) bond motifs is 2. The number of carbonyl (C=O) groups excluding carboxylic acids is 1. The van der Waals surface area contributed by atoms with E-state index >= 15 is 0 Å². The van der Waals surface area contributed by atoms with Gasteiger partial charge in [0.2, 0.25) is 11.8 Å². The van der Waals surface area contributed by atoms with Crippen LogP contribution in [0.4, 0.5) is 17.3 Å². The number of aromatic nitrogens is 2. The molecule has 1 N–H and O–H groups in total. The second-order valence-corrected chi connectivity index (χ2v) is 9.99. The number of ether oxygens (including phenoxy) is 1. The lowest BCUT2D eigenvalue weighted by Crippen LogP contribution is -2.41. The van der Waals surface area contributed by atoms with Crippen LogP contribution < -0.4 is 15.0 Å². The minimum Gasteiger partial charge on any atom is -0.455 e. The number of hydrogen-bond acceptors (Lipinski definition) is 6. The summed E-state index contributed by atoms with van der Waals surface area (Å²) in [6.07, 6.45) is 1.46. The van der Waals surface area contributed by atoms with Gasteiger partial charge in [-0.05, 0) is 41.9 Å². The topological polar surface area (TPSA) is 70.6 Å². The predicted molar refractivity (Wildman–Crippen MR) is 135 cm³/mol. The first-order valence-electron chi connectivity index (χ1n) is 11.2. The lowest BCUT2D eigenvalue weighted by Gasteiger charge is -2.39. The molecule has 176 valence electrons. The Morgan fingerprint density at radius 1 is 1.18 bits per heavy atom. The maximum atomic E-state index is 13.1. The van der Waals surface area contributed by atoms with Crippen molar-refractivity contribution in [3.63, 3.8) is 0 Å². The van der Waals surface area contributed by atoms with E-state index < -0.39 is 0 Å². The first-order valence-corrected chi connectivity index (χ1v) is 11.9. The molecule has 9 heteroatoms. The van der Waals surface area contributed by atoms with E-state index in [9.17, 15) is 4.79 Å². The van der Waals surface area contributed by atoms with E-state index in [1.165, 1.54) is 22.2 Å². The van der Waals surface area contributed by atoms with E-state index in [1.807, 2.05) is 6.07 Å². The molecule has 0 atom stereocenters. The number of benzene rings is 2. The first-order chi connectivity index (χ1) is 16.3. The van der Waals surface area contributed by atoms with Gasteiger partial charge in [0.05, 0.1) is 15.7 Å². The van der Waals surface area contributed by atoms with E-state index in [-0.39, 0.29) is 29.5 Å². The highest BCUT2D eigenvalue weighted by atomic mass is 35.5. The van der Waals surface area contributed by atoms with Crippen LogP contribution in [-0.4, -0.2) is 40.6 Å². The summed E-state index contributed by atoms with van der Waals surface area (Å²) in [5.74, 6) is 0.259. The van der Waals surface area contributed by atoms with Crippen molar-refractivity contribution < 1.29 is 9.53 Å². The fraction of sp³-hybridized carbons (Fsp3) is 0.320. The van der Waals surface area contributed by atoms with Gasteiger partial charge in [-0.25, -0.2) is 4.98 Å². The number of para-hydroxylation sites is 1. The van der Waals surface area contributed by atoms with Gasteiger partial charge in [-0.15, -0.1) is 0 Å². The van der Waals surface area contributed by atoms with Crippen molar-refractivity contribution >= 4 is 46.4 Å². The highest BCUT2D eigenvalue weighted by Gasteiger charge is 2.32. The lowest BCUT2D eigenvalue weighted by atomic mass is 9.78. The van der Waals surface area contributed by atoms with Crippen molar-refractivity contribution in [2.24, 2.45) is 0 Å². The molecule has 0 fully saturated rings. The molecule has 1 amide bonds. The number of carbonyl (C=O) groups is 1. The maximum absolute atomic E-state index is 13.1. The Kier molecular flexibility index (Phi) is 5.88. The predicted octanol–water partition coefficient (Wildman–Crippen LogP) is 5.64. The summed E-state index contributed by atoms with van der Waals surface area (Å²) in [4.78, 5) is 25.7. The molecule has 0 saturated heterocycles. The molecule has 0 bridgehead atoms. The fourth-order valence-corrected chi connectivity index (χ4v) is 5.28. The summed E-state index contributed by atoms with van der Waals surface area (Å²) >= 11 is 12.6. The summed E-state index contributed by atoms with van der Waals surface area (Å²) in [5.41, 5.74) is 4.29. The highest BCUT2D eigenvalue weighted by Crippen LogP contribution is 2.38. The summed E-state index contributed by atoms with van der Waals surface area (Å²) < 4.78 is 5.79. The molecular weight excluding hydrogens is 473 g/mol. The maximum Gasteiger partial charge on any atom is 0.268 e. The molecule has 0 aliphatic carbocycles. The molecule has 2 aliphatic rings. The number of nitrogens with zero attached hydrogens (tertiary/aromatic N) is 4. The second-order valence-electron chi connectivity index (χ2n) is 9.17. The van der Waals surface area contributed by atoms with Gasteiger partial charge in [-0.2, -0.15) is 4.98 Å². The number of likely N-dealkylation sites (N-methyl/N-ethyl adjacent to an activating group) is 1. The highest BCUT2D eigenvalue weighted by molar-refractivity contribution is 6.40. The van der Waals surface area contributed by atoms with Gasteiger partial charge in [-0.1, -0.05) is 56.1 Å². The van der Waals surface area contributed by atoms with Gasteiger partial charge < -0.3 is 10.1 Å². The summed E-state index contributed by atoms with van der Waals surface area (Å²) in [7, 11) is 0. The van der Waals surface area contributed by atoms with Gasteiger partial charge in [0.15, 0.2) is 6.73 Å². The number of halogens is 2. The van der Waals surface area contributed by atoms with E-state index in [1.54, 1.807) is 18.2 Å². The largest absolute Gasteiger partial charge is 0.455 e. The molecule has 0 spiro atoms. The van der Waals surface area contributed by atoms with Crippen molar-refractivity contribution in [3.05, 3.63) is 69.3 Å². The number of nitrogens with one attached hydrogen (secondary N) is 1. The van der Waals surface area contributed by atoms with E-state index in [0.717, 1.165) is 25.3 Å². The average Bonchev–Trinajstić information content (AvgIpc) is 2.79. The smallest absolute Gasteiger partial charge is 0.268 e. The normalized spacial score (nSPS) is 17.1. The van der Waals surface area contributed by atoms with Crippen LogP contribution in [0.1, 0.15) is 42.3 Å². The SMILES string of the molecule is CCN1Cc2cc(Nc3ncc4c(n3)OCN(c3c(Cl)cccc3Cl)C4=O)ccc2C(C)(C)C1. The van der Waals surface area contributed by atoms with Crippen molar-refractivity contribution in [2.45, 2.75) is 32.7 Å². The minimum atomic E-state index is -0.321. The fourth-order valence-electron chi connectivity index (χ4n) is 4.68. The third-order valence-electron chi connectivity index (χ3n) is 6.32. The van der Waals surface area contributed by atoms with Gasteiger partial charge >= 0.3 is 0 Å². The van der Waals surface area contributed by atoms with E-state index in [4.69, 9.17) is 27.9 Å². The summed E-state index contributed by atoms with van der Waals surface area (Å²) in [6, 6.07) is 11.4. The quantitative estimate of drug-likeness (QED) is 0.503. The molecular formula is C25H25Cl2N5O2. The van der Waals surface area contributed by atoms with E-state index in [0.29, 0.717) is 21.7 Å². The zero-order valence-electron chi connectivity index (χ0n) is 19.2. The molecule has 2 aliphatic heterocycles. The van der Waals surface area contributed by atoms with Crippen molar-refractivity contribution in [3.8, 4) is 5.88 Å². The Morgan fingerprint density at radius 3 is 2.68 bits per heavy atom. The summed E-state index contributed by atoms with van der Waals surface area (Å²) in [5, 5.41) is 3.98. The van der Waals surface area contributed by atoms with E-state index in [2.05, 4.69) is 53.1 Å². The zero-order chi connectivity index (χ0) is 24.0. The van der Waals surface area contributed by atoms with Crippen LogP contribution in [0.15, 0.2) is 42.6 Å². The third kappa shape index (κ3) is 4.08. The Labute approximate surface area is 208 Å². The Balaban J connectivity index is 1.39. The minimum absolute atomic E-state index is 0.0491. The molecule has 0 unspecified atom stereocenters. The van der Waals surface area contributed by atoms with Crippen LogP contribution >= 0.6 is 23.2 Å². The molecule has 3 heterocycles. The van der Waals surface area contributed by atoms with Crippen LogP contribution in [0.2, 0.25) is 10.0 Å². The van der Waals surface area contributed by atoms with Gasteiger partial charge in [0.1, 0.15) is 5.56 Å². The molecule has 3 aromatic rings. The Hall–Kier alpha value is -2.87. The first kappa shape index (κ1) is 22.9. The number of hydrogen-bond donors (Lipinski definition) is 1. The van der Waals surface area contributed by atoms with Crippen molar-refractivity contribution in [1.82, 2.24) is 14.9 Å². The Morgan fingerprint density at radius 2 is 1.94 bits per heavy atom. The van der Waals surface area contributed by atoms with Crippen LogP contribution in [0, 0.1) is 0 Å². The van der Waals surface area contributed by atoms with Gasteiger partial charge in [-0.3, -0.25) is 14.6 Å². The van der Waals surface area contributed by atoms with Crippen molar-refractivity contribution in [2.75, 3.05) is 30.0 Å². The van der Waals surface area contributed by atoms with Crippen LogP contribution in [0.5, 0.6) is 5.88 Å². The molecule has 34 heavy (non-hydrogen) atoms. The molecule has 7 nitrogen and oxygen atoms in total. The van der Waals surface area contributed by atoms with Gasteiger partial charge in [0, 0.05) is 30.4 Å². The molecule has 5 rings (SSSR count). The molecule has 2 aromatic carbocycles. The number of amides is 1. The third-order valence-corrected chi connectivity index (χ3v) is 6.93. The zero-order valence-corrected chi connectivity index (χ0v) is 20.7. The van der Waals surface area contributed by atoms with Crippen LogP contribution in [-0.2, 0) is 12.0 Å². The van der Waals surface area contributed by atoms with Gasteiger partial charge in [0.25, 0.3) is 5.91 Å². The van der Waals surface area contributed by atoms with Crippen molar-refractivity contribution in [1.29, 1.82) is 0 Å². The average molecular weight is 498 g/mol. The molecule has 0 saturated carbocycles. The Bertz CT molecular complexity index is 1260. The molecule has 0 radical (unpaired) electrons. The monoisotopic (exact) mass is 497 g/mol. The van der Waals surface area contributed by atoms with Crippen LogP contribution in [0.25, 0.3) is 0 Å². The lowest BCUT2D eigenvalue weighted by molar-refractivity contribution is 0.0932. The summed E-state index contributed by atoms with van der Waals surface area (Å²) in [6.45, 7) is 9.66. The molecule has 1 aromatic heterocycles. The second kappa shape index (κ2) is 8.73. The van der Waals surface area contributed by atoms with Crippen LogP contribution in [0.3, 0.4) is 0 Å².